The van der Waals surface area contributed by atoms with Crippen LogP contribution in [0.1, 0.15) is 57.8 Å². The minimum atomic E-state index is 0.440. The summed E-state index contributed by atoms with van der Waals surface area (Å²) >= 11 is 0. The summed E-state index contributed by atoms with van der Waals surface area (Å²) in [6.07, 6.45) is 12.7. The van der Waals surface area contributed by atoms with Crippen LogP contribution < -0.4 is 5.73 Å². The van der Waals surface area contributed by atoms with E-state index < -0.39 is 0 Å². The fourth-order valence-electron chi connectivity index (χ4n) is 3.29. The van der Waals surface area contributed by atoms with Crippen LogP contribution in [0.2, 0.25) is 0 Å². The Kier molecular flexibility index (Phi) is 2.59. The average Bonchev–Trinajstić information content (AvgIpc) is 3.14. The Morgan fingerprint density at radius 1 is 1.00 bits per heavy atom. The highest BCUT2D eigenvalue weighted by Gasteiger charge is 2.37. The van der Waals surface area contributed by atoms with Crippen molar-refractivity contribution in [3.63, 3.8) is 0 Å². The summed E-state index contributed by atoms with van der Waals surface area (Å²) in [5.41, 5.74) is 9.99. The van der Waals surface area contributed by atoms with Gasteiger partial charge in [0.1, 0.15) is 0 Å². The zero-order valence-electron chi connectivity index (χ0n) is 9.67. The van der Waals surface area contributed by atoms with Gasteiger partial charge in [0.25, 0.3) is 0 Å². The summed E-state index contributed by atoms with van der Waals surface area (Å²) in [5.74, 6) is 1.74. The highest BCUT2D eigenvalue weighted by atomic mass is 14.7. The van der Waals surface area contributed by atoms with Gasteiger partial charge in [0, 0.05) is 6.04 Å². The summed E-state index contributed by atoms with van der Waals surface area (Å²) in [7, 11) is 0. The van der Waals surface area contributed by atoms with Gasteiger partial charge in [0.05, 0.1) is 0 Å². The lowest BCUT2D eigenvalue weighted by Gasteiger charge is -2.29. The molecule has 0 aliphatic heterocycles. The van der Waals surface area contributed by atoms with Gasteiger partial charge in [-0.15, -0.1) is 0 Å². The van der Waals surface area contributed by atoms with Crippen molar-refractivity contribution in [1.29, 1.82) is 0 Å². The molecule has 1 heteroatoms. The third-order valence-electron chi connectivity index (χ3n) is 4.44. The SMILES string of the molecule is N[C@H](C(=C1CC1)C1CC1)C1CCCCC1. The van der Waals surface area contributed by atoms with Gasteiger partial charge < -0.3 is 5.73 Å². The van der Waals surface area contributed by atoms with Crippen LogP contribution in [0.4, 0.5) is 0 Å². The molecule has 0 amide bonds. The van der Waals surface area contributed by atoms with Gasteiger partial charge >= 0.3 is 0 Å². The van der Waals surface area contributed by atoms with Crippen molar-refractivity contribution in [2.75, 3.05) is 0 Å². The average molecular weight is 205 g/mol. The smallest absolute Gasteiger partial charge is 0.0287 e. The summed E-state index contributed by atoms with van der Waals surface area (Å²) in [6, 6.07) is 0.440. The maximum Gasteiger partial charge on any atom is 0.0287 e. The molecule has 84 valence electrons. The van der Waals surface area contributed by atoms with Crippen LogP contribution in [-0.4, -0.2) is 6.04 Å². The topological polar surface area (TPSA) is 26.0 Å². The zero-order chi connectivity index (χ0) is 10.3. The molecule has 0 aromatic carbocycles. The minimum Gasteiger partial charge on any atom is -0.324 e. The predicted octanol–water partition coefficient (Wildman–Crippen LogP) is 3.39. The van der Waals surface area contributed by atoms with Gasteiger partial charge in [0.15, 0.2) is 0 Å². The van der Waals surface area contributed by atoms with Gasteiger partial charge in [-0.25, -0.2) is 0 Å². The Hall–Kier alpha value is -0.300. The van der Waals surface area contributed by atoms with E-state index in [2.05, 4.69) is 0 Å². The van der Waals surface area contributed by atoms with E-state index in [4.69, 9.17) is 5.73 Å². The van der Waals surface area contributed by atoms with E-state index in [0.717, 1.165) is 11.8 Å². The van der Waals surface area contributed by atoms with Crippen molar-refractivity contribution in [2.24, 2.45) is 17.6 Å². The van der Waals surface area contributed by atoms with Gasteiger partial charge in [-0.3, -0.25) is 0 Å². The molecule has 15 heavy (non-hydrogen) atoms. The number of rotatable bonds is 3. The second kappa shape index (κ2) is 3.93. The highest BCUT2D eigenvalue weighted by Crippen LogP contribution is 2.47. The van der Waals surface area contributed by atoms with Crippen molar-refractivity contribution in [3.05, 3.63) is 11.1 Å². The molecule has 0 radical (unpaired) electrons. The Morgan fingerprint density at radius 2 is 1.67 bits per heavy atom. The molecule has 0 bridgehead atoms. The molecule has 3 saturated carbocycles. The van der Waals surface area contributed by atoms with Gasteiger partial charge in [-0.2, -0.15) is 0 Å². The monoisotopic (exact) mass is 205 g/mol. The van der Waals surface area contributed by atoms with Crippen molar-refractivity contribution in [3.8, 4) is 0 Å². The molecular weight excluding hydrogens is 182 g/mol. The summed E-state index contributed by atoms with van der Waals surface area (Å²) in [6.45, 7) is 0. The van der Waals surface area contributed by atoms with Crippen LogP contribution in [0.25, 0.3) is 0 Å². The van der Waals surface area contributed by atoms with Crippen LogP contribution in [-0.2, 0) is 0 Å². The molecule has 0 saturated heterocycles. The van der Waals surface area contributed by atoms with E-state index in [1.807, 2.05) is 0 Å². The van der Waals surface area contributed by atoms with E-state index in [-0.39, 0.29) is 0 Å². The van der Waals surface area contributed by atoms with Gasteiger partial charge in [0.2, 0.25) is 0 Å². The lowest BCUT2D eigenvalue weighted by atomic mass is 9.80. The van der Waals surface area contributed by atoms with E-state index in [0.29, 0.717) is 6.04 Å². The first-order valence-electron chi connectivity index (χ1n) is 6.83. The van der Waals surface area contributed by atoms with Crippen molar-refractivity contribution < 1.29 is 0 Å². The third kappa shape index (κ3) is 2.13. The van der Waals surface area contributed by atoms with Crippen LogP contribution in [0.3, 0.4) is 0 Å². The second-order valence-corrected chi connectivity index (χ2v) is 5.76. The molecule has 1 atom stereocenters. The van der Waals surface area contributed by atoms with Crippen molar-refractivity contribution >= 4 is 0 Å². The maximum absolute atomic E-state index is 6.52. The molecule has 0 aromatic rings. The quantitative estimate of drug-likeness (QED) is 0.702. The molecule has 3 aliphatic rings. The molecule has 3 fully saturated rings. The Labute approximate surface area is 93.1 Å². The summed E-state index contributed by atoms with van der Waals surface area (Å²) < 4.78 is 0. The second-order valence-electron chi connectivity index (χ2n) is 5.76. The largest absolute Gasteiger partial charge is 0.324 e. The molecule has 2 N–H and O–H groups in total. The molecule has 0 unspecified atom stereocenters. The van der Waals surface area contributed by atoms with E-state index >= 15 is 0 Å². The summed E-state index contributed by atoms with van der Waals surface area (Å²) in [4.78, 5) is 0. The molecule has 3 aliphatic carbocycles. The van der Waals surface area contributed by atoms with E-state index in [1.165, 1.54) is 57.8 Å². The zero-order valence-corrected chi connectivity index (χ0v) is 9.67. The molecule has 3 rings (SSSR count). The normalized spacial score (nSPS) is 29.0. The standard InChI is InChI=1S/C14H23N/c15-14(12-4-2-1-3-5-12)13(10-6-7-10)11-8-9-11/h10,12,14H,1-9,15H2/t14-/m0/s1. The Balaban J connectivity index is 1.71. The minimum absolute atomic E-state index is 0.440. The van der Waals surface area contributed by atoms with E-state index in [9.17, 15) is 0 Å². The molecule has 0 spiro atoms. The first kappa shape index (κ1) is 9.89. The molecule has 1 nitrogen and oxygen atoms in total. The first-order valence-corrected chi connectivity index (χ1v) is 6.83. The van der Waals surface area contributed by atoms with Crippen LogP contribution in [0.15, 0.2) is 11.1 Å². The van der Waals surface area contributed by atoms with Gasteiger partial charge in [-0.05, 0) is 50.4 Å². The number of hydrogen-bond donors (Lipinski definition) is 1. The van der Waals surface area contributed by atoms with Crippen LogP contribution >= 0.6 is 0 Å². The van der Waals surface area contributed by atoms with Gasteiger partial charge in [-0.1, -0.05) is 30.4 Å². The number of hydrogen-bond acceptors (Lipinski definition) is 1. The number of nitrogens with two attached hydrogens (primary N) is 1. The lowest BCUT2D eigenvalue weighted by molar-refractivity contribution is 0.320. The molecule has 0 heterocycles. The first-order chi connectivity index (χ1) is 7.36. The lowest BCUT2D eigenvalue weighted by Crippen LogP contribution is -2.34. The highest BCUT2D eigenvalue weighted by molar-refractivity contribution is 5.33. The third-order valence-corrected chi connectivity index (χ3v) is 4.44. The maximum atomic E-state index is 6.52. The molecular formula is C14H23N. The number of allylic oxidation sites excluding steroid dienone is 1. The Bertz CT molecular complexity index is 263. The van der Waals surface area contributed by atoms with E-state index in [1.54, 1.807) is 11.1 Å². The fourth-order valence-corrected chi connectivity index (χ4v) is 3.29. The van der Waals surface area contributed by atoms with Crippen molar-refractivity contribution in [2.45, 2.75) is 63.8 Å². The predicted molar refractivity (Wildman–Crippen MR) is 63.5 cm³/mol. The Morgan fingerprint density at radius 3 is 2.20 bits per heavy atom. The fraction of sp³-hybridized carbons (Fsp3) is 0.857. The summed E-state index contributed by atoms with van der Waals surface area (Å²) in [5, 5.41) is 0. The van der Waals surface area contributed by atoms with Crippen LogP contribution in [0.5, 0.6) is 0 Å². The molecule has 0 aromatic heterocycles. The van der Waals surface area contributed by atoms with Crippen LogP contribution in [0, 0.1) is 11.8 Å². The van der Waals surface area contributed by atoms with Crippen molar-refractivity contribution in [1.82, 2.24) is 0 Å².